The van der Waals surface area contributed by atoms with Crippen molar-refractivity contribution in [2.75, 3.05) is 18.0 Å². The monoisotopic (exact) mass is 467 g/mol. The number of amidine groups is 1. The number of hydrogen-bond donors (Lipinski definition) is 0. The first-order valence-corrected chi connectivity index (χ1v) is 13.8. The fraction of sp³-hybridized carbons (Fsp3) is 0.464. The minimum Gasteiger partial charge on any atom is -0.318 e. The number of nitrogens with zero attached hydrogens (tertiary/aromatic N) is 5. The van der Waals surface area contributed by atoms with Gasteiger partial charge in [0.15, 0.2) is 5.17 Å². The first-order chi connectivity index (χ1) is 16.8. The van der Waals surface area contributed by atoms with E-state index in [2.05, 4.69) is 51.2 Å². The van der Waals surface area contributed by atoms with Crippen LogP contribution in [-0.4, -0.2) is 40.2 Å². The molecule has 1 spiro atoms. The molecule has 1 fully saturated rings. The number of thioether (sulfide) groups is 1. The van der Waals surface area contributed by atoms with Gasteiger partial charge in [-0.25, -0.2) is 4.99 Å². The zero-order chi connectivity index (χ0) is 22.3. The molecule has 34 heavy (non-hydrogen) atoms. The van der Waals surface area contributed by atoms with E-state index < -0.39 is 0 Å². The van der Waals surface area contributed by atoms with Crippen LogP contribution in [0.2, 0.25) is 0 Å². The Morgan fingerprint density at radius 2 is 2.06 bits per heavy atom. The van der Waals surface area contributed by atoms with Crippen LogP contribution in [0.15, 0.2) is 73.3 Å². The fourth-order valence-corrected chi connectivity index (χ4v) is 8.28. The molecule has 0 aromatic heterocycles. The van der Waals surface area contributed by atoms with Crippen molar-refractivity contribution in [2.45, 2.75) is 68.3 Å². The summed E-state index contributed by atoms with van der Waals surface area (Å²) in [4.78, 5) is 21.5. The van der Waals surface area contributed by atoms with Crippen molar-refractivity contribution in [2.24, 2.45) is 20.9 Å². The minimum atomic E-state index is -0.0360. The third kappa shape index (κ3) is 2.72. The van der Waals surface area contributed by atoms with Gasteiger partial charge in [-0.2, -0.15) is 0 Å². The lowest BCUT2D eigenvalue weighted by Gasteiger charge is -2.52. The highest BCUT2D eigenvalue weighted by Gasteiger charge is 2.55. The number of rotatable bonds is 1. The van der Waals surface area contributed by atoms with Gasteiger partial charge in [0.2, 0.25) is 0 Å². The molecule has 5 nitrogen and oxygen atoms in total. The van der Waals surface area contributed by atoms with Gasteiger partial charge >= 0.3 is 0 Å². The minimum absolute atomic E-state index is 0.0360. The summed E-state index contributed by atoms with van der Waals surface area (Å²) in [6.45, 7) is 1.88. The highest BCUT2D eigenvalue weighted by atomic mass is 32.2. The molecular weight excluding hydrogens is 438 g/mol. The van der Waals surface area contributed by atoms with Crippen LogP contribution in [0.1, 0.15) is 57.8 Å². The largest absolute Gasteiger partial charge is 0.318 e. The SMILES string of the molecule is C1=CC2=N[C@]34CCCC[C@@H]3CC3=C(CCCC3)N4C2=CC1=Nc1ccc2c(c1)N1CCN=C1S2. The number of hydrogen-bond acceptors (Lipinski definition) is 6. The molecule has 0 saturated heterocycles. The Balaban J connectivity index is 1.20. The third-order valence-electron chi connectivity index (χ3n) is 8.71. The smallest absolute Gasteiger partial charge is 0.168 e. The Hall–Kier alpha value is -2.60. The lowest BCUT2D eigenvalue weighted by atomic mass is 9.70. The Kier molecular flexibility index (Phi) is 4.17. The summed E-state index contributed by atoms with van der Waals surface area (Å²) in [6, 6.07) is 6.58. The third-order valence-corrected chi connectivity index (χ3v) is 9.81. The second-order valence-corrected chi connectivity index (χ2v) is 11.6. The number of aliphatic imine (C=N–C) groups is 3. The van der Waals surface area contributed by atoms with Crippen LogP contribution >= 0.6 is 11.8 Å². The molecule has 4 heterocycles. The zero-order valence-corrected chi connectivity index (χ0v) is 20.3. The topological polar surface area (TPSA) is 43.6 Å². The maximum Gasteiger partial charge on any atom is 0.168 e. The summed E-state index contributed by atoms with van der Waals surface area (Å²) < 4.78 is 0. The molecule has 0 N–H and O–H groups in total. The molecular formula is C28H29N5S. The Bertz CT molecular complexity index is 1300. The van der Waals surface area contributed by atoms with Crippen molar-refractivity contribution in [1.82, 2.24) is 4.90 Å². The standard InChI is InChI=1S/C28H29N5S/c1-2-7-23-18(5-1)15-19-6-3-4-12-28(19)31-22-10-8-20(16-24(22)33(23)28)30-21-9-11-26-25(17-21)32-14-13-29-27(32)34-26/h8-11,16-17,19H,1-7,12-15H2/t19-,28+/m1/s1. The van der Waals surface area contributed by atoms with Crippen molar-refractivity contribution in [1.29, 1.82) is 0 Å². The van der Waals surface area contributed by atoms with E-state index in [1.807, 2.05) is 0 Å². The number of fused-ring (bicyclic) bond motifs is 6. The number of allylic oxidation sites excluding steroid dienone is 5. The molecule has 6 heteroatoms. The van der Waals surface area contributed by atoms with Gasteiger partial charge in [-0.3, -0.25) is 9.98 Å². The van der Waals surface area contributed by atoms with E-state index in [4.69, 9.17) is 9.98 Å². The molecule has 0 unspecified atom stereocenters. The number of anilines is 1. The summed E-state index contributed by atoms with van der Waals surface area (Å²) >= 11 is 1.78. The van der Waals surface area contributed by atoms with Crippen molar-refractivity contribution >= 4 is 39.7 Å². The summed E-state index contributed by atoms with van der Waals surface area (Å²) in [5, 5.41) is 1.14. The quantitative estimate of drug-likeness (QED) is 0.451. The molecule has 7 aliphatic rings. The van der Waals surface area contributed by atoms with Gasteiger partial charge in [0, 0.05) is 23.1 Å². The molecule has 1 aromatic carbocycles. The normalized spacial score (nSPS) is 31.9. The average molecular weight is 468 g/mol. The zero-order valence-electron chi connectivity index (χ0n) is 19.5. The van der Waals surface area contributed by atoms with Crippen LogP contribution in [0.5, 0.6) is 0 Å². The van der Waals surface area contributed by atoms with Crippen LogP contribution in [0, 0.1) is 5.92 Å². The van der Waals surface area contributed by atoms with Gasteiger partial charge in [-0.15, -0.1) is 0 Å². The summed E-state index contributed by atoms with van der Waals surface area (Å²) in [5.41, 5.74) is 9.06. The molecule has 2 atom stereocenters. The van der Waals surface area contributed by atoms with Crippen LogP contribution < -0.4 is 4.90 Å². The second-order valence-electron chi connectivity index (χ2n) is 10.6. The van der Waals surface area contributed by atoms with Gasteiger partial charge in [-0.05, 0) is 99.6 Å². The van der Waals surface area contributed by atoms with E-state index in [1.165, 1.54) is 79.8 Å². The van der Waals surface area contributed by atoms with Crippen molar-refractivity contribution in [3.8, 4) is 0 Å². The molecule has 1 saturated carbocycles. The fourth-order valence-electron chi connectivity index (χ4n) is 7.22. The van der Waals surface area contributed by atoms with E-state index in [-0.39, 0.29) is 5.66 Å². The lowest BCUT2D eigenvalue weighted by Crippen LogP contribution is -2.53. The Morgan fingerprint density at radius 3 is 3.06 bits per heavy atom. The first-order valence-electron chi connectivity index (χ1n) is 13.0. The Morgan fingerprint density at radius 1 is 1.09 bits per heavy atom. The maximum absolute atomic E-state index is 5.48. The van der Waals surface area contributed by atoms with Crippen molar-refractivity contribution in [3.63, 3.8) is 0 Å². The lowest BCUT2D eigenvalue weighted by molar-refractivity contribution is 0.0498. The van der Waals surface area contributed by atoms with Crippen molar-refractivity contribution in [3.05, 3.63) is 53.4 Å². The van der Waals surface area contributed by atoms with Gasteiger partial charge in [0.25, 0.3) is 0 Å². The predicted octanol–water partition coefficient (Wildman–Crippen LogP) is 6.37. The molecule has 1 aromatic rings. The maximum atomic E-state index is 5.48. The second kappa shape index (κ2) is 7.20. The molecule has 3 aliphatic carbocycles. The van der Waals surface area contributed by atoms with Gasteiger partial charge in [0.05, 0.1) is 35.0 Å². The summed E-state index contributed by atoms with van der Waals surface area (Å²) in [7, 11) is 0. The van der Waals surface area contributed by atoms with E-state index in [0.29, 0.717) is 5.92 Å². The van der Waals surface area contributed by atoms with Gasteiger partial charge in [0.1, 0.15) is 5.66 Å². The van der Waals surface area contributed by atoms with Crippen molar-refractivity contribution < 1.29 is 0 Å². The molecule has 4 aliphatic heterocycles. The molecule has 8 rings (SSSR count). The van der Waals surface area contributed by atoms with Crippen LogP contribution in [0.25, 0.3) is 0 Å². The van der Waals surface area contributed by atoms with Gasteiger partial charge in [-0.1, -0.05) is 12.0 Å². The van der Waals surface area contributed by atoms with Crippen LogP contribution in [0.3, 0.4) is 0 Å². The highest BCUT2D eigenvalue weighted by molar-refractivity contribution is 8.14. The predicted molar refractivity (Wildman–Crippen MR) is 140 cm³/mol. The van der Waals surface area contributed by atoms with E-state index >= 15 is 0 Å². The van der Waals surface area contributed by atoms with E-state index in [0.717, 1.165) is 29.7 Å². The van der Waals surface area contributed by atoms with Crippen LogP contribution in [0.4, 0.5) is 11.4 Å². The molecule has 0 radical (unpaired) electrons. The Labute approximate surface area is 205 Å². The molecule has 0 amide bonds. The summed E-state index contributed by atoms with van der Waals surface area (Å²) in [6.07, 6.45) is 18.3. The van der Waals surface area contributed by atoms with Gasteiger partial charge < -0.3 is 9.80 Å². The van der Waals surface area contributed by atoms with Crippen LogP contribution in [-0.2, 0) is 0 Å². The van der Waals surface area contributed by atoms with E-state index in [1.54, 1.807) is 23.0 Å². The molecule has 172 valence electrons. The highest BCUT2D eigenvalue weighted by Crippen LogP contribution is 2.56. The molecule has 0 bridgehead atoms. The first kappa shape index (κ1) is 19.7. The number of benzene rings is 1. The van der Waals surface area contributed by atoms with E-state index in [9.17, 15) is 0 Å². The summed E-state index contributed by atoms with van der Waals surface area (Å²) in [5.74, 6) is 0.663. The average Bonchev–Trinajstić information content (AvgIpc) is 3.54.